The number of carbonyl (C=O) groups excluding carboxylic acids is 1. The smallest absolute Gasteiger partial charge is 0.271 e. The molecule has 1 heterocycles. The molecule has 1 N–H and O–H groups in total. The van der Waals surface area contributed by atoms with Gasteiger partial charge >= 0.3 is 0 Å². The lowest BCUT2D eigenvalue weighted by Crippen LogP contribution is -2.17. The maximum Gasteiger partial charge on any atom is 0.271 e. The molecule has 2 aromatic carbocycles. The Morgan fingerprint density at radius 3 is 2.43 bits per heavy atom. The van der Waals surface area contributed by atoms with Crippen LogP contribution in [-0.2, 0) is 0 Å². The van der Waals surface area contributed by atoms with E-state index in [0.717, 1.165) is 5.56 Å². The van der Waals surface area contributed by atoms with Gasteiger partial charge in [-0.1, -0.05) is 12.1 Å². The van der Waals surface area contributed by atoms with Gasteiger partial charge in [0.1, 0.15) is 24.7 Å². The molecule has 152 valence electrons. The molecule has 0 unspecified atom stereocenters. The lowest BCUT2D eigenvalue weighted by molar-refractivity contribution is -0.384. The average molecular weight is 406 g/mol. The van der Waals surface area contributed by atoms with Crippen molar-refractivity contribution in [1.29, 1.82) is 0 Å². The van der Waals surface area contributed by atoms with Crippen LogP contribution < -0.4 is 14.9 Å². The minimum absolute atomic E-state index is 0.00838. The van der Waals surface area contributed by atoms with E-state index >= 15 is 0 Å². The summed E-state index contributed by atoms with van der Waals surface area (Å²) in [5.41, 5.74) is 3.67. The van der Waals surface area contributed by atoms with E-state index in [1.54, 1.807) is 30.3 Å². The third kappa shape index (κ3) is 6.13. The molecule has 0 bridgehead atoms. The minimum atomic E-state index is -0.465. The number of aromatic nitrogens is 1. The molecular weight excluding hydrogens is 388 g/mol. The van der Waals surface area contributed by atoms with Crippen molar-refractivity contribution >= 4 is 17.8 Å². The molecule has 0 spiro atoms. The van der Waals surface area contributed by atoms with E-state index in [4.69, 9.17) is 9.47 Å². The molecule has 0 aliphatic heterocycles. The molecule has 3 aromatic rings. The number of nitro groups is 1. The van der Waals surface area contributed by atoms with Crippen LogP contribution in [0.2, 0.25) is 0 Å². The van der Waals surface area contributed by atoms with Gasteiger partial charge in [-0.15, -0.1) is 0 Å². The second-order valence-electron chi connectivity index (χ2n) is 5.96. The highest BCUT2D eigenvalue weighted by molar-refractivity contribution is 5.94. The van der Waals surface area contributed by atoms with Crippen LogP contribution in [0.15, 0.2) is 78.2 Å². The Labute approximate surface area is 172 Å². The number of amides is 1. The van der Waals surface area contributed by atoms with E-state index in [1.807, 2.05) is 6.07 Å². The number of nitrogens with one attached hydrogen (secondary N) is 1. The third-order valence-corrected chi connectivity index (χ3v) is 3.85. The highest BCUT2D eigenvalue weighted by Crippen LogP contribution is 2.17. The topological polar surface area (TPSA) is 116 Å². The second-order valence-corrected chi connectivity index (χ2v) is 5.96. The molecule has 0 aliphatic rings. The maximum absolute atomic E-state index is 11.9. The van der Waals surface area contributed by atoms with Crippen molar-refractivity contribution in [2.75, 3.05) is 13.2 Å². The van der Waals surface area contributed by atoms with Crippen LogP contribution in [0.1, 0.15) is 15.9 Å². The first-order chi connectivity index (χ1) is 14.6. The molecule has 9 nitrogen and oxygen atoms in total. The Kier molecular flexibility index (Phi) is 7.04. The Morgan fingerprint density at radius 2 is 1.73 bits per heavy atom. The van der Waals surface area contributed by atoms with Crippen molar-refractivity contribution < 1.29 is 19.2 Å². The minimum Gasteiger partial charge on any atom is -0.490 e. The van der Waals surface area contributed by atoms with Gasteiger partial charge in [-0.2, -0.15) is 5.10 Å². The molecule has 0 aliphatic carbocycles. The molecule has 0 radical (unpaired) electrons. The van der Waals surface area contributed by atoms with Gasteiger partial charge in [-0.3, -0.25) is 19.9 Å². The molecule has 0 atom stereocenters. The Balaban J connectivity index is 1.44. The third-order valence-electron chi connectivity index (χ3n) is 3.85. The summed E-state index contributed by atoms with van der Waals surface area (Å²) in [5.74, 6) is 0.811. The summed E-state index contributed by atoms with van der Waals surface area (Å²) in [5, 5.41) is 14.6. The lowest BCUT2D eigenvalue weighted by Gasteiger charge is -2.08. The lowest BCUT2D eigenvalue weighted by atomic mass is 10.2. The quantitative estimate of drug-likeness (QED) is 0.252. The van der Waals surface area contributed by atoms with Crippen LogP contribution in [-0.4, -0.2) is 35.2 Å². The van der Waals surface area contributed by atoms with Crippen molar-refractivity contribution in [3.8, 4) is 11.5 Å². The zero-order valence-corrected chi connectivity index (χ0v) is 15.8. The fourth-order valence-electron chi connectivity index (χ4n) is 2.40. The number of hydrazone groups is 1. The number of benzene rings is 2. The highest BCUT2D eigenvalue weighted by atomic mass is 16.6. The van der Waals surface area contributed by atoms with Gasteiger partial charge in [0.15, 0.2) is 0 Å². The SMILES string of the molecule is O=C(NN=Cc1cccc(OCCOc2ccc([N+](=O)[O-])cc2)c1)c1ccncc1. The van der Waals surface area contributed by atoms with Crippen LogP contribution in [0.4, 0.5) is 5.69 Å². The molecule has 0 saturated heterocycles. The van der Waals surface area contributed by atoms with Crippen molar-refractivity contribution in [3.63, 3.8) is 0 Å². The van der Waals surface area contributed by atoms with Crippen LogP contribution in [0, 0.1) is 10.1 Å². The van der Waals surface area contributed by atoms with Crippen LogP contribution in [0.3, 0.4) is 0 Å². The van der Waals surface area contributed by atoms with E-state index in [-0.39, 0.29) is 24.8 Å². The first-order valence-corrected chi connectivity index (χ1v) is 8.95. The number of carbonyl (C=O) groups is 1. The summed E-state index contributed by atoms with van der Waals surface area (Å²) in [6.07, 6.45) is 4.58. The van der Waals surface area contributed by atoms with Gasteiger partial charge in [0.05, 0.1) is 11.1 Å². The monoisotopic (exact) mass is 406 g/mol. The average Bonchev–Trinajstić information content (AvgIpc) is 2.78. The van der Waals surface area contributed by atoms with Gasteiger partial charge in [0, 0.05) is 30.1 Å². The molecule has 1 amide bonds. The number of rotatable bonds is 9. The Bertz CT molecular complexity index is 1020. The summed E-state index contributed by atoms with van der Waals surface area (Å²) >= 11 is 0. The fourth-order valence-corrected chi connectivity index (χ4v) is 2.40. The molecule has 30 heavy (non-hydrogen) atoms. The largest absolute Gasteiger partial charge is 0.490 e. The zero-order valence-electron chi connectivity index (χ0n) is 15.8. The Morgan fingerprint density at radius 1 is 1.03 bits per heavy atom. The van der Waals surface area contributed by atoms with Crippen LogP contribution >= 0.6 is 0 Å². The fraction of sp³-hybridized carbons (Fsp3) is 0.0952. The normalized spacial score (nSPS) is 10.5. The van der Waals surface area contributed by atoms with Crippen LogP contribution in [0.25, 0.3) is 0 Å². The van der Waals surface area contributed by atoms with Gasteiger partial charge in [0.2, 0.25) is 0 Å². The van der Waals surface area contributed by atoms with Crippen LogP contribution in [0.5, 0.6) is 11.5 Å². The first-order valence-electron chi connectivity index (χ1n) is 8.95. The number of pyridine rings is 1. The van der Waals surface area contributed by atoms with E-state index in [2.05, 4.69) is 15.5 Å². The van der Waals surface area contributed by atoms with Gasteiger partial charge in [0.25, 0.3) is 11.6 Å². The first kappa shape index (κ1) is 20.5. The standard InChI is InChI=1S/C21H18N4O5/c26-21(17-8-10-22-11-9-17)24-23-15-16-2-1-3-20(14-16)30-13-12-29-19-6-4-18(5-7-19)25(27)28/h1-11,14-15H,12-13H2,(H,24,26). The number of nitro benzene ring substituents is 1. The number of hydrogen-bond donors (Lipinski definition) is 1. The van der Waals surface area contributed by atoms with Crippen molar-refractivity contribution in [2.24, 2.45) is 5.10 Å². The summed E-state index contributed by atoms with van der Waals surface area (Å²) in [6, 6.07) is 16.2. The second kappa shape index (κ2) is 10.3. The van der Waals surface area contributed by atoms with Gasteiger partial charge in [-0.05, 0) is 42.0 Å². The zero-order chi connectivity index (χ0) is 21.2. The van der Waals surface area contributed by atoms with E-state index < -0.39 is 4.92 Å². The molecular formula is C21H18N4O5. The van der Waals surface area contributed by atoms with E-state index in [1.165, 1.54) is 42.9 Å². The van der Waals surface area contributed by atoms with Crippen molar-refractivity contribution in [1.82, 2.24) is 10.4 Å². The molecule has 0 saturated carbocycles. The molecule has 0 fully saturated rings. The number of hydrogen-bond acceptors (Lipinski definition) is 7. The predicted molar refractivity (Wildman–Crippen MR) is 110 cm³/mol. The molecule has 9 heteroatoms. The summed E-state index contributed by atoms with van der Waals surface area (Å²) in [4.78, 5) is 25.9. The summed E-state index contributed by atoms with van der Waals surface area (Å²) < 4.78 is 11.1. The van der Waals surface area contributed by atoms with Crippen molar-refractivity contribution in [3.05, 3.63) is 94.3 Å². The maximum atomic E-state index is 11.9. The summed E-state index contributed by atoms with van der Waals surface area (Å²) in [7, 11) is 0. The highest BCUT2D eigenvalue weighted by Gasteiger charge is 2.05. The number of nitrogens with zero attached hydrogens (tertiary/aromatic N) is 3. The van der Waals surface area contributed by atoms with Crippen molar-refractivity contribution in [2.45, 2.75) is 0 Å². The van der Waals surface area contributed by atoms with E-state index in [0.29, 0.717) is 17.1 Å². The number of non-ortho nitro benzene ring substituents is 1. The molecule has 1 aromatic heterocycles. The molecule has 3 rings (SSSR count). The van der Waals surface area contributed by atoms with Gasteiger partial charge in [-0.25, -0.2) is 5.43 Å². The van der Waals surface area contributed by atoms with Gasteiger partial charge < -0.3 is 9.47 Å². The summed E-state index contributed by atoms with van der Waals surface area (Å²) in [6.45, 7) is 0.564. The Hall–Kier alpha value is -4.27. The van der Waals surface area contributed by atoms with E-state index in [9.17, 15) is 14.9 Å². The predicted octanol–water partition coefficient (Wildman–Crippen LogP) is 3.21. The number of ether oxygens (including phenoxy) is 2.